The number of aryl methyl sites for hydroxylation is 1. The zero-order valence-corrected chi connectivity index (χ0v) is 14.0. The zero-order chi connectivity index (χ0) is 18.1. The Morgan fingerprint density at radius 1 is 1.12 bits per heavy atom. The van der Waals surface area contributed by atoms with E-state index < -0.39 is 0 Å². The highest BCUT2D eigenvalue weighted by molar-refractivity contribution is 5.68. The van der Waals surface area contributed by atoms with E-state index in [4.69, 9.17) is 0 Å². The van der Waals surface area contributed by atoms with Crippen LogP contribution in [0.3, 0.4) is 0 Å². The molecule has 0 N–H and O–H groups in total. The van der Waals surface area contributed by atoms with Crippen LogP contribution in [0.15, 0.2) is 65.8 Å². The van der Waals surface area contributed by atoms with Crippen LogP contribution in [0.2, 0.25) is 0 Å². The van der Waals surface area contributed by atoms with Gasteiger partial charge in [-0.25, -0.2) is 9.37 Å². The van der Waals surface area contributed by atoms with Gasteiger partial charge in [0.2, 0.25) is 0 Å². The Kier molecular flexibility index (Phi) is 3.93. The van der Waals surface area contributed by atoms with Gasteiger partial charge in [-0.1, -0.05) is 12.1 Å². The highest BCUT2D eigenvalue weighted by Gasteiger charge is 2.11. The molecule has 6 heteroatoms. The summed E-state index contributed by atoms with van der Waals surface area (Å²) in [5.74, 6) is -0.324. The van der Waals surface area contributed by atoms with Crippen molar-refractivity contribution in [1.82, 2.24) is 19.2 Å². The first-order valence-corrected chi connectivity index (χ1v) is 8.08. The molecule has 26 heavy (non-hydrogen) atoms. The number of fused-ring (bicyclic) bond motifs is 1. The van der Waals surface area contributed by atoms with Crippen molar-refractivity contribution in [3.8, 4) is 5.69 Å². The highest BCUT2D eigenvalue weighted by Crippen LogP contribution is 2.15. The van der Waals surface area contributed by atoms with Crippen molar-refractivity contribution in [3.05, 3.63) is 94.0 Å². The molecule has 0 aliphatic heterocycles. The Morgan fingerprint density at radius 2 is 1.92 bits per heavy atom. The number of benzene rings is 1. The standard InChI is InChI=1S/C20H15FN4O/c1-14-13-24(18-8-5-16(21)6-9-18)25-19(26)11-17(23-20(14)25)7-4-15-3-2-10-22-12-15/h2-13H,1H3. The zero-order valence-electron chi connectivity index (χ0n) is 14.0. The van der Waals surface area contributed by atoms with Crippen LogP contribution in [-0.2, 0) is 0 Å². The molecule has 3 aromatic heterocycles. The molecule has 0 unspecified atom stereocenters. The fraction of sp³-hybridized carbons (Fsp3) is 0.0500. The first-order valence-electron chi connectivity index (χ1n) is 8.08. The minimum absolute atomic E-state index is 0.210. The third-order valence-electron chi connectivity index (χ3n) is 4.02. The lowest BCUT2D eigenvalue weighted by Crippen LogP contribution is -2.20. The van der Waals surface area contributed by atoms with Gasteiger partial charge in [0.15, 0.2) is 5.65 Å². The van der Waals surface area contributed by atoms with Crippen molar-refractivity contribution >= 4 is 17.8 Å². The van der Waals surface area contributed by atoms with Gasteiger partial charge in [-0.2, -0.15) is 4.52 Å². The van der Waals surface area contributed by atoms with Crippen LogP contribution in [0.4, 0.5) is 4.39 Å². The van der Waals surface area contributed by atoms with E-state index in [0.717, 1.165) is 11.1 Å². The molecule has 4 aromatic rings. The maximum Gasteiger partial charge on any atom is 0.273 e. The summed E-state index contributed by atoms with van der Waals surface area (Å²) >= 11 is 0. The monoisotopic (exact) mass is 346 g/mol. The van der Waals surface area contributed by atoms with Crippen molar-refractivity contribution < 1.29 is 4.39 Å². The molecule has 0 amide bonds. The number of aromatic nitrogens is 4. The SMILES string of the molecule is Cc1cn(-c2ccc(F)cc2)n2c(=O)cc(C=Cc3cccnc3)nc12. The third kappa shape index (κ3) is 2.93. The van der Waals surface area contributed by atoms with Crippen molar-refractivity contribution in [3.63, 3.8) is 0 Å². The Hall–Kier alpha value is -3.54. The molecule has 4 rings (SSSR count). The van der Waals surface area contributed by atoms with Crippen molar-refractivity contribution in [1.29, 1.82) is 0 Å². The maximum atomic E-state index is 13.2. The molecule has 0 aliphatic carbocycles. The highest BCUT2D eigenvalue weighted by atomic mass is 19.1. The van der Waals surface area contributed by atoms with E-state index in [-0.39, 0.29) is 11.4 Å². The summed E-state index contributed by atoms with van der Waals surface area (Å²) in [5.41, 5.74) is 3.38. The third-order valence-corrected chi connectivity index (χ3v) is 4.02. The van der Waals surface area contributed by atoms with Crippen LogP contribution in [0, 0.1) is 12.7 Å². The van der Waals surface area contributed by atoms with Gasteiger partial charge in [0.1, 0.15) is 5.82 Å². The molecule has 3 heterocycles. The van der Waals surface area contributed by atoms with Crippen LogP contribution in [0.5, 0.6) is 0 Å². The summed E-state index contributed by atoms with van der Waals surface area (Å²) in [7, 11) is 0. The van der Waals surface area contributed by atoms with E-state index in [0.29, 0.717) is 17.0 Å². The lowest BCUT2D eigenvalue weighted by atomic mass is 10.2. The minimum atomic E-state index is -0.324. The van der Waals surface area contributed by atoms with Gasteiger partial charge in [0.25, 0.3) is 5.56 Å². The summed E-state index contributed by atoms with van der Waals surface area (Å²) in [5, 5.41) is 0. The predicted octanol–water partition coefficient (Wildman–Crippen LogP) is 3.50. The topological polar surface area (TPSA) is 52.2 Å². The molecule has 0 spiro atoms. The van der Waals surface area contributed by atoms with E-state index in [1.54, 1.807) is 35.3 Å². The van der Waals surface area contributed by atoms with Gasteiger partial charge < -0.3 is 0 Å². The average molecular weight is 346 g/mol. The fourth-order valence-electron chi connectivity index (χ4n) is 2.78. The molecule has 0 saturated carbocycles. The summed E-state index contributed by atoms with van der Waals surface area (Å²) < 4.78 is 16.3. The molecule has 0 saturated heterocycles. The summed E-state index contributed by atoms with van der Waals surface area (Å²) in [6.45, 7) is 1.89. The number of hydrogen-bond acceptors (Lipinski definition) is 3. The second kappa shape index (κ2) is 6.40. The van der Waals surface area contributed by atoms with Crippen LogP contribution in [0.25, 0.3) is 23.5 Å². The number of halogens is 1. The lowest BCUT2D eigenvalue weighted by Gasteiger charge is -2.06. The molecular formula is C20H15FN4O. The second-order valence-corrected chi connectivity index (χ2v) is 5.91. The molecule has 1 aromatic carbocycles. The molecule has 128 valence electrons. The predicted molar refractivity (Wildman–Crippen MR) is 98.6 cm³/mol. The Morgan fingerprint density at radius 3 is 2.65 bits per heavy atom. The van der Waals surface area contributed by atoms with Gasteiger partial charge >= 0.3 is 0 Å². The molecule has 0 fully saturated rings. The van der Waals surface area contributed by atoms with Gasteiger partial charge in [0.05, 0.1) is 11.4 Å². The number of rotatable bonds is 3. The Labute approximate surface area is 148 Å². The van der Waals surface area contributed by atoms with E-state index in [9.17, 15) is 9.18 Å². The van der Waals surface area contributed by atoms with E-state index >= 15 is 0 Å². The van der Waals surface area contributed by atoms with Gasteiger partial charge in [0, 0.05) is 30.2 Å². The van der Waals surface area contributed by atoms with E-state index in [1.165, 1.54) is 22.7 Å². The molecule has 0 bridgehead atoms. The van der Waals surface area contributed by atoms with Crippen molar-refractivity contribution in [2.75, 3.05) is 0 Å². The Bertz CT molecular complexity index is 1160. The molecular weight excluding hydrogens is 331 g/mol. The molecule has 0 aliphatic rings. The largest absolute Gasteiger partial charge is 0.273 e. The average Bonchev–Trinajstić information content (AvgIpc) is 2.99. The summed E-state index contributed by atoms with van der Waals surface area (Å²) in [4.78, 5) is 21.3. The second-order valence-electron chi connectivity index (χ2n) is 5.91. The first kappa shape index (κ1) is 16.0. The minimum Gasteiger partial charge on any atom is -0.267 e. The van der Waals surface area contributed by atoms with Crippen LogP contribution < -0.4 is 5.56 Å². The lowest BCUT2D eigenvalue weighted by molar-refractivity contribution is 0.626. The maximum absolute atomic E-state index is 13.2. The first-order chi connectivity index (χ1) is 12.6. The van der Waals surface area contributed by atoms with E-state index in [1.807, 2.05) is 31.3 Å². The van der Waals surface area contributed by atoms with Crippen LogP contribution >= 0.6 is 0 Å². The molecule has 0 atom stereocenters. The van der Waals surface area contributed by atoms with Gasteiger partial charge in [-0.3, -0.25) is 14.5 Å². The fourth-order valence-corrected chi connectivity index (χ4v) is 2.78. The summed E-state index contributed by atoms with van der Waals surface area (Å²) in [6, 6.07) is 11.2. The van der Waals surface area contributed by atoms with Crippen molar-refractivity contribution in [2.45, 2.75) is 6.92 Å². The summed E-state index contributed by atoms with van der Waals surface area (Å²) in [6.07, 6.45) is 8.89. The van der Waals surface area contributed by atoms with Crippen LogP contribution in [-0.4, -0.2) is 19.2 Å². The molecule has 0 radical (unpaired) electrons. The van der Waals surface area contributed by atoms with Crippen LogP contribution in [0.1, 0.15) is 16.8 Å². The Balaban J connectivity index is 1.81. The molecule has 5 nitrogen and oxygen atoms in total. The number of hydrogen-bond donors (Lipinski definition) is 0. The van der Waals surface area contributed by atoms with Crippen molar-refractivity contribution in [2.24, 2.45) is 0 Å². The van der Waals surface area contributed by atoms with E-state index in [2.05, 4.69) is 9.97 Å². The smallest absolute Gasteiger partial charge is 0.267 e. The number of pyridine rings is 1. The normalized spacial score (nSPS) is 11.5. The van der Waals surface area contributed by atoms with Gasteiger partial charge in [-0.05, 0) is 48.9 Å². The van der Waals surface area contributed by atoms with Gasteiger partial charge in [-0.15, -0.1) is 0 Å². The quantitative estimate of drug-likeness (QED) is 0.570. The number of nitrogens with zero attached hydrogens (tertiary/aromatic N) is 4.